The minimum Gasteiger partial charge on any atom is -0.507 e. The molecule has 1 N–H and O–H groups in total. The Morgan fingerprint density at radius 1 is 0.741 bits per heavy atom. The van der Waals surface area contributed by atoms with Crippen molar-refractivity contribution in [2.24, 2.45) is 0 Å². The number of para-hydroxylation sites is 2. The van der Waals surface area contributed by atoms with Gasteiger partial charge in [-0.1, -0.05) is 60.7 Å². The summed E-state index contributed by atoms with van der Waals surface area (Å²) in [6, 6.07) is 27.0. The summed E-state index contributed by atoms with van der Waals surface area (Å²) in [6.07, 6.45) is 0.791. The highest BCUT2D eigenvalue weighted by atomic mass is 16.3. The van der Waals surface area contributed by atoms with Crippen molar-refractivity contribution >= 4 is 28.1 Å². The molecule has 0 aliphatic carbocycles. The van der Waals surface area contributed by atoms with Gasteiger partial charge < -0.3 is 5.11 Å². The number of amides is 1. The van der Waals surface area contributed by atoms with Crippen LogP contribution in [0, 0.1) is 0 Å². The van der Waals surface area contributed by atoms with Crippen molar-refractivity contribution < 1.29 is 9.90 Å². The minimum atomic E-state index is -0.224. The van der Waals surface area contributed by atoms with Crippen LogP contribution in [-0.4, -0.2) is 11.0 Å². The summed E-state index contributed by atoms with van der Waals surface area (Å²) in [5.74, 6) is -0.225. The molecule has 0 atom stereocenters. The second-order valence-corrected chi connectivity index (χ2v) is 6.79. The van der Waals surface area contributed by atoms with Crippen molar-refractivity contribution in [2.45, 2.75) is 6.42 Å². The molecule has 1 heterocycles. The highest BCUT2D eigenvalue weighted by Crippen LogP contribution is 2.40. The van der Waals surface area contributed by atoms with Crippen LogP contribution in [-0.2, 0) is 6.42 Å². The minimum absolute atomic E-state index is 0.000708. The van der Waals surface area contributed by atoms with Crippen molar-refractivity contribution in [1.82, 2.24) is 0 Å². The van der Waals surface area contributed by atoms with E-state index >= 15 is 0 Å². The first-order chi connectivity index (χ1) is 13.2. The number of carbonyl (C=O) groups is 1. The first-order valence-electron chi connectivity index (χ1n) is 8.94. The largest absolute Gasteiger partial charge is 0.507 e. The zero-order valence-corrected chi connectivity index (χ0v) is 14.6. The van der Waals surface area contributed by atoms with E-state index in [9.17, 15) is 9.90 Å². The lowest BCUT2D eigenvalue weighted by Gasteiger charge is -2.32. The van der Waals surface area contributed by atoms with Crippen molar-refractivity contribution in [2.75, 3.05) is 4.90 Å². The normalized spacial score (nSPS) is 12.5. The quantitative estimate of drug-likeness (QED) is 0.497. The molecule has 3 nitrogen and oxygen atoms in total. The fraction of sp³-hybridized carbons (Fsp3) is 0.0417. The molecule has 130 valence electrons. The van der Waals surface area contributed by atoms with Gasteiger partial charge in [0, 0.05) is 6.42 Å². The second-order valence-electron chi connectivity index (χ2n) is 6.79. The Labute approximate surface area is 157 Å². The molecule has 0 spiro atoms. The standard InChI is InChI=1S/C24H17NO2/c26-23-15-17-8-2-1-7-16(17)14-20(23)24(27)25-21-11-5-3-9-18(21)13-19-10-4-6-12-22(19)25/h1-12,14-15,26H,13H2. The fourth-order valence-electron chi connectivity index (χ4n) is 3.83. The van der Waals surface area contributed by atoms with Gasteiger partial charge in [0.2, 0.25) is 0 Å². The number of phenols is 1. The summed E-state index contributed by atoms with van der Waals surface area (Å²) in [5.41, 5.74) is 4.25. The first-order valence-corrected chi connectivity index (χ1v) is 8.94. The summed E-state index contributed by atoms with van der Waals surface area (Å²) in [6.45, 7) is 0. The monoisotopic (exact) mass is 351 g/mol. The van der Waals surface area contributed by atoms with Crippen LogP contribution in [0.3, 0.4) is 0 Å². The molecule has 1 aliphatic rings. The molecule has 5 rings (SSSR count). The number of anilines is 2. The molecule has 1 aliphatic heterocycles. The Balaban J connectivity index is 1.71. The molecule has 0 saturated carbocycles. The van der Waals surface area contributed by atoms with Gasteiger partial charge in [-0.3, -0.25) is 9.69 Å². The van der Waals surface area contributed by atoms with E-state index in [2.05, 4.69) is 0 Å². The predicted molar refractivity (Wildman–Crippen MR) is 108 cm³/mol. The van der Waals surface area contributed by atoms with Crippen LogP contribution in [0.2, 0.25) is 0 Å². The molecular formula is C24H17NO2. The van der Waals surface area contributed by atoms with Gasteiger partial charge in [-0.15, -0.1) is 0 Å². The summed E-state index contributed by atoms with van der Waals surface area (Å²) in [4.78, 5) is 15.3. The van der Waals surface area contributed by atoms with Crippen molar-refractivity contribution in [3.05, 3.63) is 102 Å². The van der Waals surface area contributed by atoms with Gasteiger partial charge in [0.25, 0.3) is 5.91 Å². The summed E-state index contributed by atoms with van der Waals surface area (Å²) in [5, 5.41) is 12.4. The third-order valence-electron chi connectivity index (χ3n) is 5.14. The summed E-state index contributed by atoms with van der Waals surface area (Å²) >= 11 is 0. The number of phenolic OH excluding ortho intramolecular Hbond substituents is 1. The van der Waals surface area contributed by atoms with Gasteiger partial charge in [-0.25, -0.2) is 0 Å². The molecule has 27 heavy (non-hydrogen) atoms. The smallest absolute Gasteiger partial charge is 0.266 e. The van der Waals surface area contributed by atoms with E-state index in [0.717, 1.165) is 39.7 Å². The Kier molecular flexibility index (Phi) is 3.47. The SMILES string of the molecule is O=C(c1cc2ccccc2cc1O)N1c2ccccc2Cc2ccccc21. The van der Waals surface area contributed by atoms with E-state index in [4.69, 9.17) is 0 Å². The maximum absolute atomic E-state index is 13.6. The lowest BCUT2D eigenvalue weighted by Crippen LogP contribution is -2.30. The van der Waals surface area contributed by atoms with E-state index in [1.54, 1.807) is 17.0 Å². The van der Waals surface area contributed by atoms with Crippen LogP contribution < -0.4 is 4.90 Å². The van der Waals surface area contributed by atoms with Crippen LogP contribution in [0.4, 0.5) is 11.4 Å². The predicted octanol–water partition coefficient (Wildman–Crippen LogP) is 5.43. The Morgan fingerprint density at radius 3 is 1.89 bits per heavy atom. The molecule has 0 bridgehead atoms. The molecule has 4 aromatic carbocycles. The van der Waals surface area contributed by atoms with E-state index in [1.165, 1.54) is 0 Å². The second kappa shape index (κ2) is 5.99. The molecule has 0 aromatic heterocycles. The van der Waals surface area contributed by atoms with Crippen LogP contribution >= 0.6 is 0 Å². The number of hydrogen-bond acceptors (Lipinski definition) is 2. The zero-order chi connectivity index (χ0) is 18.4. The van der Waals surface area contributed by atoms with E-state index < -0.39 is 0 Å². The third-order valence-corrected chi connectivity index (χ3v) is 5.14. The van der Waals surface area contributed by atoms with Gasteiger partial charge >= 0.3 is 0 Å². The van der Waals surface area contributed by atoms with Crippen LogP contribution in [0.5, 0.6) is 5.75 Å². The van der Waals surface area contributed by atoms with E-state index in [0.29, 0.717) is 5.56 Å². The molecule has 0 fully saturated rings. The molecule has 1 amide bonds. The van der Waals surface area contributed by atoms with E-state index in [1.807, 2.05) is 72.8 Å². The number of fused-ring (bicyclic) bond motifs is 3. The van der Waals surface area contributed by atoms with E-state index in [-0.39, 0.29) is 11.7 Å². The number of rotatable bonds is 1. The van der Waals surface area contributed by atoms with Crippen LogP contribution in [0.1, 0.15) is 21.5 Å². The van der Waals surface area contributed by atoms with Gasteiger partial charge in [0.15, 0.2) is 0 Å². The molecular weight excluding hydrogens is 334 g/mol. The molecule has 0 unspecified atom stereocenters. The Bertz CT molecular complexity index is 1150. The third kappa shape index (κ3) is 2.48. The van der Waals surface area contributed by atoms with Gasteiger partial charge in [-0.2, -0.15) is 0 Å². The lowest BCUT2D eigenvalue weighted by atomic mass is 9.94. The molecule has 0 saturated heterocycles. The van der Waals surface area contributed by atoms with Crippen LogP contribution in [0.15, 0.2) is 84.9 Å². The average molecular weight is 351 g/mol. The first kappa shape index (κ1) is 15.6. The lowest BCUT2D eigenvalue weighted by molar-refractivity contribution is 0.0996. The van der Waals surface area contributed by atoms with Gasteiger partial charge in [-0.05, 0) is 46.2 Å². The maximum atomic E-state index is 13.6. The topological polar surface area (TPSA) is 40.5 Å². The molecule has 3 heteroatoms. The Hall–Kier alpha value is -3.59. The number of aromatic hydroxyl groups is 1. The molecule has 0 radical (unpaired) electrons. The fourth-order valence-corrected chi connectivity index (χ4v) is 3.83. The maximum Gasteiger partial charge on any atom is 0.266 e. The van der Waals surface area contributed by atoms with Crippen LogP contribution in [0.25, 0.3) is 10.8 Å². The highest BCUT2D eigenvalue weighted by Gasteiger charge is 2.29. The van der Waals surface area contributed by atoms with Crippen molar-refractivity contribution in [3.63, 3.8) is 0 Å². The molecule has 4 aromatic rings. The zero-order valence-electron chi connectivity index (χ0n) is 14.6. The van der Waals surface area contributed by atoms with Gasteiger partial charge in [0.05, 0.1) is 16.9 Å². The number of benzene rings is 4. The Morgan fingerprint density at radius 2 is 1.26 bits per heavy atom. The number of nitrogens with zero attached hydrogens (tertiary/aromatic N) is 1. The summed E-state index contributed by atoms with van der Waals surface area (Å²) in [7, 11) is 0. The van der Waals surface area contributed by atoms with Gasteiger partial charge in [0.1, 0.15) is 5.75 Å². The van der Waals surface area contributed by atoms with Crippen molar-refractivity contribution in [3.8, 4) is 5.75 Å². The number of hydrogen-bond donors (Lipinski definition) is 1. The average Bonchev–Trinajstić information content (AvgIpc) is 2.71. The summed E-state index contributed by atoms with van der Waals surface area (Å²) < 4.78 is 0. The number of carbonyl (C=O) groups excluding carboxylic acids is 1. The highest BCUT2D eigenvalue weighted by molar-refractivity contribution is 6.15. The van der Waals surface area contributed by atoms with Crippen molar-refractivity contribution in [1.29, 1.82) is 0 Å².